The van der Waals surface area contributed by atoms with Gasteiger partial charge in [0.15, 0.2) is 0 Å². The molecule has 0 radical (unpaired) electrons. The fourth-order valence-corrected chi connectivity index (χ4v) is 5.36. The van der Waals surface area contributed by atoms with Crippen LogP contribution < -0.4 is 5.32 Å². The van der Waals surface area contributed by atoms with Gasteiger partial charge in [0.1, 0.15) is 0 Å². The van der Waals surface area contributed by atoms with Gasteiger partial charge < -0.3 is 5.32 Å². The van der Waals surface area contributed by atoms with Crippen LogP contribution in [0.3, 0.4) is 0 Å². The van der Waals surface area contributed by atoms with Gasteiger partial charge in [-0.3, -0.25) is 0 Å². The molecular weight excluding hydrogens is 406 g/mol. The van der Waals surface area contributed by atoms with Gasteiger partial charge in [-0.1, -0.05) is 58.1 Å². The van der Waals surface area contributed by atoms with Gasteiger partial charge in [0.25, 0.3) is 0 Å². The molecule has 0 amide bonds. The van der Waals surface area contributed by atoms with E-state index >= 15 is 0 Å². The van der Waals surface area contributed by atoms with Crippen molar-refractivity contribution in [2.45, 2.75) is 57.9 Å². The van der Waals surface area contributed by atoms with Crippen LogP contribution >= 0.6 is 11.3 Å². The van der Waals surface area contributed by atoms with E-state index in [0.29, 0.717) is 18.0 Å². The van der Waals surface area contributed by atoms with Crippen LogP contribution in [0.25, 0.3) is 4.96 Å². The van der Waals surface area contributed by atoms with E-state index in [-0.39, 0.29) is 11.5 Å². The second-order valence-corrected chi connectivity index (χ2v) is 10.9. The number of sulfonamides is 1. The first-order valence-electron chi connectivity index (χ1n) is 9.79. The number of rotatable bonds is 7. The quantitative estimate of drug-likeness (QED) is 0.599. The number of fused-ring (bicyclic) bond motifs is 1. The zero-order valence-corrected chi connectivity index (χ0v) is 19.4. The molecule has 0 aliphatic rings. The lowest BCUT2D eigenvalue weighted by molar-refractivity contribution is 0.445. The summed E-state index contributed by atoms with van der Waals surface area (Å²) in [5.41, 5.74) is 1.99. The van der Waals surface area contributed by atoms with Gasteiger partial charge in [0.05, 0.1) is 22.8 Å². The molecule has 2 heterocycles. The third-order valence-electron chi connectivity index (χ3n) is 4.87. The molecule has 1 atom stereocenters. The molecular formula is C20H29N5O2S2. The maximum Gasteiger partial charge on any atom is 0.243 e. The summed E-state index contributed by atoms with van der Waals surface area (Å²) in [4.78, 5) is 5.83. The average Bonchev–Trinajstić information content (AvgIpc) is 3.21. The molecule has 3 rings (SSSR count). The maximum atomic E-state index is 12.6. The molecule has 0 fully saturated rings. The van der Waals surface area contributed by atoms with E-state index in [1.54, 1.807) is 16.6 Å². The Balaban J connectivity index is 1.75. The molecule has 0 saturated carbocycles. The molecule has 3 aromatic rings. The molecule has 7 nitrogen and oxygen atoms in total. The maximum absolute atomic E-state index is 12.6. The number of imidazole rings is 1. The van der Waals surface area contributed by atoms with Crippen molar-refractivity contribution in [2.75, 3.05) is 18.4 Å². The van der Waals surface area contributed by atoms with E-state index in [1.807, 2.05) is 39.1 Å². The predicted molar refractivity (Wildman–Crippen MR) is 118 cm³/mol. The molecule has 158 valence electrons. The van der Waals surface area contributed by atoms with Crippen LogP contribution in [0.2, 0.25) is 0 Å². The van der Waals surface area contributed by atoms with E-state index < -0.39 is 10.0 Å². The van der Waals surface area contributed by atoms with Crippen LogP contribution in [0, 0.1) is 0 Å². The molecule has 0 saturated heterocycles. The Kier molecular flexibility index (Phi) is 6.03. The third kappa shape index (κ3) is 4.46. The first kappa shape index (κ1) is 21.7. The van der Waals surface area contributed by atoms with Crippen LogP contribution in [-0.4, -0.2) is 40.4 Å². The first-order chi connectivity index (χ1) is 13.6. The molecule has 0 spiro atoms. The molecule has 29 heavy (non-hydrogen) atoms. The number of hydrogen-bond donors (Lipinski definition) is 1. The Bertz CT molecular complexity index is 1040. The summed E-state index contributed by atoms with van der Waals surface area (Å²) >= 11 is 1.50. The number of hydrogen-bond acceptors (Lipinski definition) is 6. The van der Waals surface area contributed by atoms with Gasteiger partial charge in [0, 0.05) is 18.5 Å². The van der Waals surface area contributed by atoms with Crippen molar-refractivity contribution in [3.05, 3.63) is 41.7 Å². The molecule has 1 unspecified atom stereocenters. The largest absolute Gasteiger partial charge is 0.354 e. The topological polar surface area (TPSA) is 79.6 Å². The van der Waals surface area contributed by atoms with Crippen molar-refractivity contribution in [3.8, 4) is 0 Å². The van der Waals surface area contributed by atoms with Crippen LogP contribution in [0.4, 0.5) is 5.13 Å². The summed E-state index contributed by atoms with van der Waals surface area (Å²) in [6.07, 6.45) is 1.97. The van der Waals surface area contributed by atoms with E-state index in [9.17, 15) is 8.42 Å². The smallest absolute Gasteiger partial charge is 0.243 e. The first-order valence-corrected chi connectivity index (χ1v) is 12.0. The van der Waals surface area contributed by atoms with E-state index in [0.717, 1.165) is 21.3 Å². The average molecular weight is 436 g/mol. The third-order valence-corrected chi connectivity index (χ3v) is 7.79. The zero-order valence-electron chi connectivity index (χ0n) is 17.8. The number of nitrogens with zero attached hydrogens (tertiary/aromatic N) is 4. The molecule has 1 N–H and O–H groups in total. The normalized spacial score (nSPS) is 13.9. The van der Waals surface area contributed by atoms with Crippen molar-refractivity contribution in [2.24, 2.45) is 0 Å². The van der Waals surface area contributed by atoms with Gasteiger partial charge in [-0.25, -0.2) is 17.9 Å². The minimum absolute atomic E-state index is 0.0124. The summed E-state index contributed by atoms with van der Waals surface area (Å²) in [7, 11) is -3.44. The molecule has 0 bridgehead atoms. The second-order valence-electron chi connectivity index (χ2n) is 8.03. The number of nitrogens with one attached hydrogen (secondary N) is 1. The van der Waals surface area contributed by atoms with Gasteiger partial charge in [-0.15, -0.1) is 5.10 Å². The summed E-state index contributed by atoms with van der Waals surface area (Å²) in [5, 5.41) is 8.73. The van der Waals surface area contributed by atoms with E-state index in [2.05, 4.69) is 36.2 Å². The number of anilines is 1. The lowest BCUT2D eigenvalue weighted by Crippen LogP contribution is -2.30. The summed E-state index contributed by atoms with van der Waals surface area (Å²) < 4.78 is 28.5. The van der Waals surface area contributed by atoms with Crippen LogP contribution in [0.1, 0.15) is 58.8 Å². The highest BCUT2D eigenvalue weighted by Crippen LogP contribution is 2.28. The Hall–Kier alpha value is -1.97. The van der Waals surface area contributed by atoms with Crippen molar-refractivity contribution in [3.63, 3.8) is 0 Å². The monoisotopic (exact) mass is 435 g/mol. The lowest BCUT2D eigenvalue weighted by Gasteiger charge is -2.19. The van der Waals surface area contributed by atoms with E-state index in [4.69, 9.17) is 0 Å². The van der Waals surface area contributed by atoms with Crippen LogP contribution in [-0.2, 0) is 15.4 Å². The Morgan fingerprint density at radius 1 is 1.17 bits per heavy atom. The highest BCUT2D eigenvalue weighted by atomic mass is 32.2. The fourth-order valence-electron chi connectivity index (χ4n) is 3.03. The zero-order chi connectivity index (χ0) is 21.4. The highest BCUT2D eigenvalue weighted by Gasteiger charge is 2.22. The van der Waals surface area contributed by atoms with E-state index in [1.165, 1.54) is 15.6 Å². The van der Waals surface area contributed by atoms with Gasteiger partial charge in [0.2, 0.25) is 20.1 Å². The van der Waals surface area contributed by atoms with Crippen LogP contribution in [0.15, 0.2) is 35.4 Å². The van der Waals surface area contributed by atoms with Crippen molar-refractivity contribution in [1.82, 2.24) is 18.9 Å². The molecule has 1 aromatic carbocycles. The van der Waals surface area contributed by atoms with Gasteiger partial charge in [-0.2, -0.15) is 4.31 Å². The summed E-state index contributed by atoms with van der Waals surface area (Å²) in [5.74, 6) is 0. The Labute approximate surface area is 176 Å². The van der Waals surface area contributed by atoms with Crippen molar-refractivity contribution < 1.29 is 8.42 Å². The molecule has 9 heteroatoms. The van der Waals surface area contributed by atoms with Crippen molar-refractivity contribution in [1.29, 1.82) is 0 Å². The SMILES string of the molecule is CCN(CC)S(=O)(=O)c1ccc(C(C)Nc2nn3cc(C(C)(C)C)nc3s2)cc1. The van der Waals surface area contributed by atoms with Gasteiger partial charge in [-0.05, 0) is 24.6 Å². The number of aromatic nitrogens is 3. The highest BCUT2D eigenvalue weighted by molar-refractivity contribution is 7.89. The van der Waals surface area contributed by atoms with Crippen LogP contribution in [0.5, 0.6) is 0 Å². The van der Waals surface area contributed by atoms with Crippen molar-refractivity contribution >= 4 is 31.5 Å². The molecule has 0 aliphatic carbocycles. The van der Waals surface area contributed by atoms with Gasteiger partial charge >= 0.3 is 0 Å². The molecule has 0 aliphatic heterocycles. The summed E-state index contributed by atoms with van der Waals surface area (Å²) in [6, 6.07) is 7.03. The predicted octanol–water partition coefficient (Wildman–Crippen LogP) is 4.29. The summed E-state index contributed by atoms with van der Waals surface area (Å²) in [6.45, 7) is 13.0. The lowest BCUT2D eigenvalue weighted by atomic mass is 9.93. The standard InChI is InChI=1S/C20H29N5O2S2/c1-7-24(8-2)29(26,27)16-11-9-15(10-12-16)14(3)21-18-23-25-13-17(20(4,5)6)22-19(25)28-18/h9-14H,7-8H2,1-6H3,(H,21,23). The number of benzene rings is 1. The fraction of sp³-hybridized carbons (Fsp3) is 0.500. The minimum atomic E-state index is -3.44. The second kappa shape index (κ2) is 8.04. The Morgan fingerprint density at radius 3 is 2.31 bits per heavy atom. The Morgan fingerprint density at radius 2 is 1.79 bits per heavy atom. The molecule has 2 aromatic heterocycles. The minimum Gasteiger partial charge on any atom is -0.354 e.